The molecule has 0 unspecified atom stereocenters. The fourth-order valence-corrected chi connectivity index (χ4v) is 5.77. The van der Waals surface area contributed by atoms with Crippen LogP contribution in [0.4, 0.5) is 10.6 Å². The van der Waals surface area contributed by atoms with Crippen molar-refractivity contribution in [3.05, 3.63) is 75.6 Å². The van der Waals surface area contributed by atoms with Crippen molar-refractivity contribution in [3.8, 4) is 11.4 Å². The number of hydrogen-bond donors (Lipinski definition) is 2. The molecule has 3 amide bonds. The minimum atomic E-state index is -0.778. The Morgan fingerprint density at radius 1 is 0.903 bits per heavy atom. The third kappa shape index (κ3) is 18.9. The molecule has 2 aromatic heterocycles. The number of aromatic nitrogens is 3. The van der Waals surface area contributed by atoms with Gasteiger partial charge in [0.25, 0.3) is 0 Å². The first-order chi connectivity index (χ1) is 29.7. The van der Waals surface area contributed by atoms with Gasteiger partial charge in [-0.3, -0.25) is 19.3 Å². The van der Waals surface area contributed by atoms with Gasteiger partial charge >= 0.3 is 12.1 Å². The van der Waals surface area contributed by atoms with Gasteiger partial charge in [0.15, 0.2) is 5.75 Å². The van der Waals surface area contributed by atoms with Gasteiger partial charge in [0, 0.05) is 30.6 Å². The predicted molar refractivity (Wildman–Crippen MR) is 228 cm³/mol. The Bertz CT molecular complexity index is 1930. The van der Waals surface area contributed by atoms with Crippen molar-refractivity contribution in [1.29, 1.82) is 0 Å². The van der Waals surface area contributed by atoms with E-state index in [4.69, 9.17) is 38.7 Å². The number of aryl methyl sites for hydroxylation is 2. The molecule has 0 saturated carbocycles. The molecule has 3 aromatic rings. The predicted octanol–water partition coefficient (Wildman–Crippen LogP) is 5.01. The molecule has 0 aliphatic carbocycles. The molecular weight excluding hydrogens is 807 g/mol. The maximum absolute atomic E-state index is 13.1. The third-order valence-corrected chi connectivity index (χ3v) is 8.69. The average molecular weight is 868 g/mol. The summed E-state index contributed by atoms with van der Waals surface area (Å²) in [5.74, 6) is -0.431. The summed E-state index contributed by atoms with van der Waals surface area (Å²) >= 11 is 0. The maximum atomic E-state index is 13.1. The summed E-state index contributed by atoms with van der Waals surface area (Å²) in [5.41, 5.74) is 11.1. The average Bonchev–Trinajstić information content (AvgIpc) is 3.52. The number of carbonyl (C=O) groups is 4. The first kappa shape index (κ1) is 50.6. The highest BCUT2D eigenvalue weighted by molar-refractivity contribution is 5.87. The van der Waals surface area contributed by atoms with Crippen LogP contribution < -0.4 is 20.3 Å². The second kappa shape index (κ2) is 27.2. The van der Waals surface area contributed by atoms with E-state index in [1.807, 2.05) is 39.0 Å². The maximum Gasteiger partial charge on any atom is 0.416 e. The monoisotopic (exact) mass is 867 g/mol. The van der Waals surface area contributed by atoms with Gasteiger partial charge in [0.2, 0.25) is 11.8 Å². The highest BCUT2D eigenvalue weighted by Gasteiger charge is 2.25. The summed E-state index contributed by atoms with van der Waals surface area (Å²) in [7, 11) is 1.27. The van der Waals surface area contributed by atoms with Crippen LogP contribution in [0.25, 0.3) is 16.1 Å². The number of pyridine rings is 1. The largest absolute Gasteiger partial charge is 0.487 e. The highest BCUT2D eigenvalue weighted by Crippen LogP contribution is 2.27. The molecule has 20 nitrogen and oxygen atoms in total. The molecule has 1 aromatic carbocycles. The number of benzene rings is 1. The Morgan fingerprint density at radius 3 is 2.19 bits per heavy atom. The van der Waals surface area contributed by atoms with E-state index < -0.39 is 35.5 Å². The van der Waals surface area contributed by atoms with Crippen LogP contribution in [0.15, 0.2) is 47.7 Å². The highest BCUT2D eigenvalue weighted by atomic mass is 16.6. The summed E-state index contributed by atoms with van der Waals surface area (Å²) in [6.07, 6.45) is 1.17. The number of azide groups is 1. The molecule has 62 heavy (non-hydrogen) atoms. The standard InChI is InChI=1S/C42H61N9O11/c1-30-13-14-44-36(26-30)50(41(55)62-42(4,5)6)16-9-12-37(52)45-29-38(53)47-35(28-39(54)56-7)33-10-8-11-34(27-33)51-32(3)40(31(2)48-51)61-25-24-60-23-22-59-21-20-58-19-18-57-17-15-46-49-43/h8,10-11,13-14,26-27,35H,9,12,15-25,28-29H2,1-7H3,(H,45,52)(H,47,53)/t35-/m0/s1. The Kier molecular flexibility index (Phi) is 22.2. The van der Waals surface area contributed by atoms with Crippen LogP contribution in [0.3, 0.4) is 0 Å². The summed E-state index contributed by atoms with van der Waals surface area (Å²) in [6, 6.07) is 10.0. The van der Waals surface area contributed by atoms with E-state index >= 15 is 0 Å². The minimum Gasteiger partial charge on any atom is -0.487 e. The van der Waals surface area contributed by atoms with Crippen LogP contribution >= 0.6 is 0 Å². The van der Waals surface area contributed by atoms with Crippen LogP contribution in [0.2, 0.25) is 0 Å². The topological polar surface area (TPSA) is 240 Å². The first-order valence-electron chi connectivity index (χ1n) is 20.4. The van der Waals surface area contributed by atoms with Crippen LogP contribution in [-0.4, -0.2) is 130 Å². The summed E-state index contributed by atoms with van der Waals surface area (Å²) in [6.45, 7) is 14.4. The third-order valence-electron chi connectivity index (χ3n) is 8.69. The van der Waals surface area contributed by atoms with E-state index in [1.165, 1.54) is 12.0 Å². The molecular formula is C42H61N9O11. The smallest absolute Gasteiger partial charge is 0.416 e. The van der Waals surface area contributed by atoms with Crippen molar-refractivity contribution < 1.29 is 52.3 Å². The number of nitrogens with zero attached hydrogens (tertiary/aromatic N) is 7. The van der Waals surface area contributed by atoms with E-state index in [0.717, 1.165) is 11.3 Å². The number of amides is 3. The second-order valence-electron chi connectivity index (χ2n) is 14.9. The van der Waals surface area contributed by atoms with E-state index in [2.05, 4.69) is 30.7 Å². The molecule has 2 heterocycles. The zero-order valence-corrected chi connectivity index (χ0v) is 36.8. The molecule has 20 heteroatoms. The van der Waals surface area contributed by atoms with E-state index in [0.29, 0.717) is 87.9 Å². The molecule has 0 radical (unpaired) electrons. The van der Waals surface area contributed by atoms with E-state index in [9.17, 15) is 19.2 Å². The molecule has 2 N–H and O–H groups in total. The Labute approximate surface area is 362 Å². The van der Waals surface area contributed by atoms with Crippen molar-refractivity contribution in [2.45, 2.75) is 72.4 Å². The number of esters is 1. The normalized spacial score (nSPS) is 11.6. The lowest BCUT2D eigenvalue weighted by Gasteiger charge is -2.27. The van der Waals surface area contributed by atoms with Crippen molar-refractivity contribution in [2.24, 2.45) is 5.11 Å². The van der Waals surface area contributed by atoms with E-state index in [1.54, 1.807) is 49.8 Å². The molecule has 340 valence electrons. The molecule has 0 spiro atoms. The van der Waals surface area contributed by atoms with Gasteiger partial charge in [0.05, 0.1) is 90.4 Å². The van der Waals surface area contributed by atoms with Crippen LogP contribution in [-0.2, 0) is 42.8 Å². The van der Waals surface area contributed by atoms with Gasteiger partial charge in [-0.2, -0.15) is 5.10 Å². The molecule has 1 atom stereocenters. The summed E-state index contributed by atoms with van der Waals surface area (Å²) in [5, 5.41) is 13.5. The molecule has 3 rings (SSSR count). The number of nitrogens with one attached hydrogen (secondary N) is 2. The van der Waals surface area contributed by atoms with Gasteiger partial charge in [-0.25, -0.2) is 14.5 Å². The van der Waals surface area contributed by atoms with Gasteiger partial charge in [-0.05, 0) is 88.9 Å². The zero-order chi connectivity index (χ0) is 45.3. The SMILES string of the molecule is COC(=O)C[C@H](NC(=O)CNC(=O)CCCN(C(=O)OC(C)(C)C)c1cc(C)ccn1)c1cccc(-n2nc(C)c(OCCOCCOCCOCCOCCN=[N+]=[N-])c2C)c1. The van der Waals surface area contributed by atoms with Crippen LogP contribution in [0.5, 0.6) is 5.75 Å². The number of hydrogen-bond acceptors (Lipinski definition) is 14. The molecule has 0 aliphatic heterocycles. The fraction of sp³-hybridized carbons (Fsp3) is 0.571. The minimum absolute atomic E-state index is 0.0291. The quantitative estimate of drug-likeness (QED) is 0.0321. The van der Waals surface area contributed by atoms with Crippen molar-refractivity contribution >= 4 is 29.7 Å². The van der Waals surface area contributed by atoms with Crippen molar-refractivity contribution in [3.63, 3.8) is 0 Å². The number of ether oxygens (including phenoxy) is 7. The number of anilines is 1. The number of methoxy groups -OCH3 is 1. The van der Waals surface area contributed by atoms with E-state index in [-0.39, 0.29) is 39.0 Å². The summed E-state index contributed by atoms with van der Waals surface area (Å²) in [4.78, 5) is 59.7. The molecule has 0 bridgehead atoms. The lowest BCUT2D eigenvalue weighted by atomic mass is 10.0. The fourth-order valence-electron chi connectivity index (χ4n) is 5.77. The number of carbonyl (C=O) groups excluding carboxylic acids is 4. The molecule has 0 fully saturated rings. The Balaban J connectivity index is 1.48. The van der Waals surface area contributed by atoms with Gasteiger partial charge < -0.3 is 43.8 Å². The van der Waals surface area contributed by atoms with Crippen LogP contribution in [0.1, 0.15) is 68.6 Å². The van der Waals surface area contributed by atoms with Gasteiger partial charge in [0.1, 0.15) is 23.7 Å². The van der Waals surface area contributed by atoms with Crippen molar-refractivity contribution in [1.82, 2.24) is 25.4 Å². The van der Waals surface area contributed by atoms with Crippen molar-refractivity contribution in [2.75, 3.05) is 91.1 Å². The molecule has 0 aliphatic rings. The lowest BCUT2D eigenvalue weighted by Crippen LogP contribution is -2.40. The second-order valence-corrected chi connectivity index (χ2v) is 14.9. The van der Waals surface area contributed by atoms with Crippen LogP contribution in [0, 0.1) is 20.8 Å². The number of rotatable bonds is 28. The molecule has 0 saturated heterocycles. The summed E-state index contributed by atoms with van der Waals surface area (Å²) < 4.78 is 40.1. The van der Waals surface area contributed by atoms with Gasteiger partial charge in [-0.15, -0.1) is 0 Å². The Morgan fingerprint density at radius 2 is 1.56 bits per heavy atom. The first-order valence-corrected chi connectivity index (χ1v) is 20.4. The zero-order valence-electron chi connectivity index (χ0n) is 36.8. The lowest BCUT2D eigenvalue weighted by molar-refractivity contribution is -0.141. The van der Waals surface area contributed by atoms with Gasteiger partial charge in [-0.1, -0.05) is 17.2 Å². The Hall–Kier alpha value is -5.79.